The minimum absolute atomic E-state index is 0.0680. The highest BCUT2D eigenvalue weighted by Gasteiger charge is 2.23. The molecule has 0 fully saturated rings. The Balaban J connectivity index is 1.13. The molecule has 3 aromatic carbocycles. The first kappa shape index (κ1) is 27.9. The number of hydrogen-bond acceptors (Lipinski definition) is 7. The van der Waals surface area contributed by atoms with Crippen LogP contribution in [0.3, 0.4) is 0 Å². The first-order valence-corrected chi connectivity index (χ1v) is 15.7. The number of ether oxygens (including phenoxy) is 1. The first-order valence-electron chi connectivity index (χ1n) is 13.9. The fourth-order valence-electron chi connectivity index (χ4n) is 4.94. The molecule has 2 aromatic heterocycles. The van der Waals surface area contributed by atoms with Gasteiger partial charge in [0.25, 0.3) is 11.5 Å². The lowest BCUT2D eigenvalue weighted by atomic mass is 9.97. The third-order valence-corrected chi connectivity index (χ3v) is 9.24. The normalized spacial score (nSPS) is 12.9. The molecule has 0 unspecified atom stereocenters. The zero-order valence-electron chi connectivity index (χ0n) is 23.2. The van der Waals surface area contributed by atoms with Gasteiger partial charge in [-0.1, -0.05) is 59.8 Å². The van der Waals surface area contributed by atoms with Crippen LogP contribution < -0.4 is 15.7 Å². The lowest BCUT2D eigenvalue weighted by Gasteiger charge is -2.13. The predicted molar refractivity (Wildman–Crippen MR) is 170 cm³/mol. The SMILES string of the molecule is Cc1ccc(-n2c(SCC(=O)N/N=C/c3ccc(OCc4ccccc4)cc3)nc3sc4c(c3c2=O)CCCC4)cc1. The second kappa shape index (κ2) is 12.8. The van der Waals surface area contributed by atoms with Crippen LogP contribution in [0.25, 0.3) is 15.9 Å². The fraction of sp³-hybridized carbons (Fsp3) is 0.212. The van der Waals surface area contributed by atoms with E-state index in [2.05, 4.69) is 10.5 Å². The highest BCUT2D eigenvalue weighted by Crippen LogP contribution is 2.35. The second-order valence-corrected chi connectivity index (χ2v) is 12.2. The summed E-state index contributed by atoms with van der Waals surface area (Å²) in [4.78, 5) is 33.5. The average Bonchev–Trinajstić information content (AvgIpc) is 3.40. The summed E-state index contributed by atoms with van der Waals surface area (Å²) in [6, 6.07) is 25.3. The number of fused-ring (bicyclic) bond motifs is 3. The molecule has 5 aromatic rings. The highest BCUT2D eigenvalue weighted by molar-refractivity contribution is 7.99. The van der Waals surface area contributed by atoms with Gasteiger partial charge in [0.1, 0.15) is 17.2 Å². The number of aryl methyl sites for hydroxylation is 3. The van der Waals surface area contributed by atoms with E-state index in [1.54, 1.807) is 22.1 Å². The van der Waals surface area contributed by atoms with Crippen molar-refractivity contribution in [2.75, 3.05) is 5.75 Å². The quantitative estimate of drug-likeness (QED) is 0.0917. The van der Waals surface area contributed by atoms with E-state index in [0.29, 0.717) is 11.8 Å². The van der Waals surface area contributed by atoms with E-state index < -0.39 is 0 Å². The maximum Gasteiger partial charge on any atom is 0.267 e. The summed E-state index contributed by atoms with van der Waals surface area (Å²) in [6.07, 6.45) is 5.72. The number of benzene rings is 3. The van der Waals surface area contributed by atoms with Gasteiger partial charge < -0.3 is 4.74 Å². The van der Waals surface area contributed by atoms with Gasteiger partial charge in [-0.05, 0) is 85.7 Å². The predicted octanol–water partition coefficient (Wildman–Crippen LogP) is 6.46. The Kier molecular flexibility index (Phi) is 8.48. The van der Waals surface area contributed by atoms with Crippen LogP contribution in [0.5, 0.6) is 5.75 Å². The minimum atomic E-state index is -0.283. The number of thiophene rings is 1. The number of hydrogen-bond donors (Lipinski definition) is 1. The molecule has 1 aliphatic rings. The molecule has 1 aliphatic carbocycles. The van der Waals surface area contributed by atoms with Crippen molar-refractivity contribution in [2.24, 2.45) is 5.10 Å². The zero-order chi connectivity index (χ0) is 28.9. The molecular formula is C33H30N4O3S2. The van der Waals surface area contributed by atoms with Crippen molar-refractivity contribution in [1.82, 2.24) is 15.0 Å². The van der Waals surface area contributed by atoms with Crippen molar-refractivity contribution in [1.29, 1.82) is 0 Å². The number of amides is 1. The Hall–Kier alpha value is -4.21. The van der Waals surface area contributed by atoms with Gasteiger partial charge in [-0.25, -0.2) is 10.4 Å². The summed E-state index contributed by atoms with van der Waals surface area (Å²) in [5.74, 6) is 0.542. The molecule has 7 nitrogen and oxygen atoms in total. The van der Waals surface area contributed by atoms with Gasteiger partial charge >= 0.3 is 0 Å². The average molecular weight is 595 g/mol. The molecule has 0 saturated carbocycles. The smallest absolute Gasteiger partial charge is 0.267 e. The number of nitrogens with one attached hydrogen (secondary N) is 1. The van der Waals surface area contributed by atoms with E-state index in [1.807, 2.05) is 85.8 Å². The molecule has 0 spiro atoms. The molecule has 0 bridgehead atoms. The third-order valence-electron chi connectivity index (χ3n) is 7.11. The summed E-state index contributed by atoms with van der Waals surface area (Å²) in [5.41, 5.74) is 7.45. The Morgan fingerprint density at radius 2 is 1.81 bits per heavy atom. The molecule has 1 N–H and O–H groups in total. The van der Waals surface area contributed by atoms with Crippen molar-refractivity contribution < 1.29 is 9.53 Å². The summed E-state index contributed by atoms with van der Waals surface area (Å²) >= 11 is 2.85. The molecule has 6 rings (SSSR count). The van der Waals surface area contributed by atoms with Crippen molar-refractivity contribution in [3.05, 3.63) is 116 Å². The Labute approximate surface area is 252 Å². The number of thioether (sulfide) groups is 1. The van der Waals surface area contributed by atoms with Crippen molar-refractivity contribution in [3.63, 3.8) is 0 Å². The summed E-state index contributed by atoms with van der Waals surface area (Å²) < 4.78 is 7.47. The van der Waals surface area contributed by atoms with Crippen molar-refractivity contribution in [2.45, 2.75) is 44.4 Å². The second-order valence-electron chi connectivity index (χ2n) is 10.2. The fourth-order valence-corrected chi connectivity index (χ4v) is 7.04. The van der Waals surface area contributed by atoms with Crippen molar-refractivity contribution in [3.8, 4) is 11.4 Å². The van der Waals surface area contributed by atoms with Gasteiger partial charge in [0, 0.05) is 4.88 Å². The molecular weight excluding hydrogens is 565 g/mol. The standard InChI is InChI=1S/C33H30N4O3S2/c1-22-11-15-25(16-12-22)37-32(39)30-27-9-5-6-10-28(27)42-31(30)35-33(37)41-21-29(38)36-34-19-23-13-17-26(18-14-23)40-20-24-7-3-2-4-8-24/h2-4,7-8,11-19H,5-6,9-10,20-21H2,1H3,(H,36,38)/b34-19+. The van der Waals surface area contributed by atoms with Gasteiger partial charge in [0.15, 0.2) is 5.16 Å². The molecule has 2 heterocycles. The number of nitrogens with zero attached hydrogens (tertiary/aromatic N) is 3. The van der Waals surface area contributed by atoms with Gasteiger partial charge in [-0.2, -0.15) is 5.10 Å². The summed E-state index contributed by atoms with van der Waals surface area (Å²) in [7, 11) is 0. The lowest BCUT2D eigenvalue weighted by Crippen LogP contribution is -2.24. The number of aromatic nitrogens is 2. The van der Waals surface area contributed by atoms with Gasteiger partial charge in [-0.15, -0.1) is 11.3 Å². The van der Waals surface area contributed by atoms with Crippen LogP contribution in [0.4, 0.5) is 0 Å². The van der Waals surface area contributed by atoms with Crippen molar-refractivity contribution >= 4 is 45.4 Å². The van der Waals surface area contributed by atoms with Crippen LogP contribution in [0.1, 0.15) is 40.0 Å². The molecule has 0 aliphatic heterocycles. The Morgan fingerprint density at radius 1 is 1.05 bits per heavy atom. The summed E-state index contributed by atoms with van der Waals surface area (Å²) in [5, 5.41) is 5.34. The Morgan fingerprint density at radius 3 is 2.60 bits per heavy atom. The molecule has 1 amide bonds. The molecule has 212 valence electrons. The first-order chi connectivity index (χ1) is 20.5. The number of carbonyl (C=O) groups excluding carboxylic acids is 1. The molecule has 0 atom stereocenters. The van der Waals surface area contributed by atoms with Gasteiger partial charge in [0.2, 0.25) is 0 Å². The maximum atomic E-state index is 13.9. The number of carbonyl (C=O) groups is 1. The van der Waals surface area contributed by atoms with Crippen LogP contribution in [0.2, 0.25) is 0 Å². The van der Waals surface area contributed by atoms with E-state index in [-0.39, 0.29) is 17.2 Å². The van der Waals surface area contributed by atoms with Crippen LogP contribution in [-0.4, -0.2) is 27.4 Å². The Bertz CT molecular complexity index is 1790. The zero-order valence-corrected chi connectivity index (χ0v) is 24.8. The highest BCUT2D eigenvalue weighted by atomic mass is 32.2. The van der Waals surface area contributed by atoms with E-state index in [1.165, 1.54) is 16.6 Å². The molecule has 9 heteroatoms. The van der Waals surface area contributed by atoms with Crippen LogP contribution >= 0.6 is 23.1 Å². The molecule has 42 heavy (non-hydrogen) atoms. The van der Waals surface area contributed by atoms with E-state index >= 15 is 0 Å². The monoisotopic (exact) mass is 594 g/mol. The van der Waals surface area contributed by atoms with E-state index in [9.17, 15) is 9.59 Å². The maximum absolute atomic E-state index is 13.9. The molecule has 0 radical (unpaired) electrons. The third kappa shape index (κ3) is 6.32. The number of rotatable bonds is 9. The topological polar surface area (TPSA) is 85.6 Å². The van der Waals surface area contributed by atoms with E-state index in [0.717, 1.165) is 69.6 Å². The van der Waals surface area contributed by atoms with Crippen LogP contribution in [0.15, 0.2) is 93.9 Å². The van der Waals surface area contributed by atoms with Crippen LogP contribution in [-0.2, 0) is 24.2 Å². The van der Waals surface area contributed by atoms with Gasteiger partial charge in [0.05, 0.1) is 23.0 Å². The lowest BCUT2D eigenvalue weighted by molar-refractivity contribution is -0.118. The van der Waals surface area contributed by atoms with Gasteiger partial charge in [-0.3, -0.25) is 14.2 Å². The number of hydrazone groups is 1. The van der Waals surface area contributed by atoms with E-state index in [4.69, 9.17) is 9.72 Å². The van der Waals surface area contributed by atoms with Crippen LogP contribution in [0, 0.1) is 6.92 Å². The molecule has 0 saturated heterocycles. The largest absolute Gasteiger partial charge is 0.489 e. The minimum Gasteiger partial charge on any atom is -0.489 e. The summed E-state index contributed by atoms with van der Waals surface area (Å²) in [6.45, 7) is 2.51.